The summed E-state index contributed by atoms with van der Waals surface area (Å²) in [4.78, 5) is 11.9. The molecule has 0 saturated heterocycles. The smallest absolute Gasteiger partial charge is 0.223 e. The van der Waals surface area contributed by atoms with Crippen molar-refractivity contribution in [1.29, 1.82) is 0 Å². The van der Waals surface area contributed by atoms with Gasteiger partial charge in [-0.2, -0.15) is 0 Å². The van der Waals surface area contributed by atoms with Crippen LogP contribution in [0.4, 0.5) is 0 Å². The molecule has 2 N–H and O–H groups in total. The second kappa shape index (κ2) is 6.36. The number of benzene rings is 1. The Hall–Kier alpha value is -1.61. The molecule has 1 aliphatic rings. The number of aliphatic hydroxyl groups is 1. The number of carbonyl (C=O) groups excluding carboxylic acids is 1. The van der Waals surface area contributed by atoms with Crippen molar-refractivity contribution in [2.75, 3.05) is 13.2 Å². The molecule has 3 heteroatoms. The highest BCUT2D eigenvalue weighted by Crippen LogP contribution is 2.18. The van der Waals surface area contributed by atoms with Gasteiger partial charge in [0.1, 0.15) is 0 Å². The van der Waals surface area contributed by atoms with Gasteiger partial charge in [0.25, 0.3) is 0 Å². The van der Waals surface area contributed by atoms with Crippen LogP contribution in [0.15, 0.2) is 42.5 Å². The van der Waals surface area contributed by atoms with Crippen molar-refractivity contribution in [3.63, 3.8) is 0 Å². The van der Waals surface area contributed by atoms with Crippen molar-refractivity contribution >= 4 is 5.91 Å². The lowest BCUT2D eigenvalue weighted by atomic mass is 9.99. The minimum absolute atomic E-state index is 0.0236. The van der Waals surface area contributed by atoms with E-state index in [9.17, 15) is 9.90 Å². The lowest BCUT2D eigenvalue weighted by Crippen LogP contribution is -2.33. The first kappa shape index (κ1) is 12.8. The van der Waals surface area contributed by atoms with Crippen LogP contribution >= 0.6 is 0 Å². The van der Waals surface area contributed by atoms with E-state index in [-0.39, 0.29) is 24.3 Å². The number of rotatable bonds is 5. The van der Waals surface area contributed by atoms with Crippen LogP contribution in [0.1, 0.15) is 24.3 Å². The summed E-state index contributed by atoms with van der Waals surface area (Å²) in [5.74, 6) is 0.152. The Bertz CT molecular complexity index is 406. The predicted molar refractivity (Wildman–Crippen MR) is 71.1 cm³/mol. The van der Waals surface area contributed by atoms with Crippen LogP contribution in [-0.2, 0) is 4.79 Å². The fourth-order valence-corrected chi connectivity index (χ4v) is 2.21. The molecule has 1 atom stereocenters. The zero-order valence-corrected chi connectivity index (χ0v) is 10.4. The number of hydrogen-bond acceptors (Lipinski definition) is 2. The molecule has 3 nitrogen and oxygen atoms in total. The Morgan fingerprint density at radius 3 is 2.56 bits per heavy atom. The number of nitrogens with one attached hydrogen (secondary N) is 1. The molecule has 0 unspecified atom stereocenters. The van der Waals surface area contributed by atoms with E-state index < -0.39 is 0 Å². The molecule has 0 aliphatic heterocycles. The Labute approximate surface area is 108 Å². The average Bonchev–Trinajstić information content (AvgIpc) is 2.94. The van der Waals surface area contributed by atoms with E-state index in [0.717, 1.165) is 18.4 Å². The summed E-state index contributed by atoms with van der Waals surface area (Å²) in [6.07, 6.45) is 5.76. The minimum atomic E-state index is -0.0236. The van der Waals surface area contributed by atoms with Gasteiger partial charge in [0, 0.05) is 18.4 Å². The highest BCUT2D eigenvalue weighted by molar-refractivity contribution is 5.79. The Morgan fingerprint density at radius 2 is 1.94 bits per heavy atom. The van der Waals surface area contributed by atoms with Crippen molar-refractivity contribution in [3.8, 4) is 0 Å². The molecule has 2 rings (SSSR count). The molecule has 0 bridgehead atoms. The molecule has 1 aliphatic carbocycles. The van der Waals surface area contributed by atoms with Crippen LogP contribution < -0.4 is 5.32 Å². The van der Waals surface area contributed by atoms with Crippen LogP contribution in [0.25, 0.3) is 0 Å². The first-order chi connectivity index (χ1) is 8.81. The molecule has 1 amide bonds. The molecule has 96 valence electrons. The molecule has 0 fully saturated rings. The van der Waals surface area contributed by atoms with Crippen molar-refractivity contribution in [1.82, 2.24) is 5.32 Å². The second-order valence-corrected chi connectivity index (χ2v) is 4.68. The Balaban J connectivity index is 1.86. The van der Waals surface area contributed by atoms with Gasteiger partial charge in [0.2, 0.25) is 5.91 Å². The SMILES string of the molecule is O=C(NC[C@H](CO)c1ccccc1)C1CC=CC1. The van der Waals surface area contributed by atoms with Gasteiger partial charge in [-0.05, 0) is 18.4 Å². The van der Waals surface area contributed by atoms with E-state index in [1.165, 1.54) is 0 Å². The number of aliphatic hydroxyl groups excluding tert-OH is 1. The van der Waals surface area contributed by atoms with E-state index in [4.69, 9.17) is 0 Å². The van der Waals surface area contributed by atoms with E-state index in [1.807, 2.05) is 42.5 Å². The first-order valence-corrected chi connectivity index (χ1v) is 6.39. The summed E-state index contributed by atoms with van der Waals surface area (Å²) in [5.41, 5.74) is 1.06. The van der Waals surface area contributed by atoms with E-state index in [0.29, 0.717) is 6.54 Å². The van der Waals surface area contributed by atoms with Crippen molar-refractivity contribution in [3.05, 3.63) is 48.0 Å². The van der Waals surface area contributed by atoms with Crippen LogP contribution in [0.5, 0.6) is 0 Å². The first-order valence-electron chi connectivity index (χ1n) is 6.39. The highest BCUT2D eigenvalue weighted by Gasteiger charge is 2.20. The molecule has 1 aromatic rings. The Morgan fingerprint density at radius 1 is 1.28 bits per heavy atom. The summed E-state index contributed by atoms with van der Waals surface area (Å²) >= 11 is 0. The summed E-state index contributed by atoms with van der Waals surface area (Å²) < 4.78 is 0. The number of carbonyl (C=O) groups is 1. The number of amides is 1. The molecule has 0 heterocycles. The van der Waals surface area contributed by atoms with Crippen molar-refractivity contribution in [2.45, 2.75) is 18.8 Å². The van der Waals surface area contributed by atoms with Crippen LogP contribution in [0.3, 0.4) is 0 Å². The van der Waals surface area contributed by atoms with Gasteiger partial charge in [0.05, 0.1) is 6.61 Å². The lowest BCUT2D eigenvalue weighted by Gasteiger charge is -2.17. The maximum atomic E-state index is 11.9. The predicted octanol–water partition coefficient (Wildman–Crippen LogP) is 1.84. The molecule has 1 aromatic carbocycles. The van der Waals surface area contributed by atoms with E-state index in [2.05, 4.69) is 5.32 Å². The van der Waals surface area contributed by atoms with Gasteiger partial charge in [-0.3, -0.25) is 4.79 Å². The maximum absolute atomic E-state index is 11.9. The summed E-state index contributed by atoms with van der Waals surface area (Å²) in [5, 5.41) is 12.3. The van der Waals surface area contributed by atoms with Gasteiger partial charge in [0.15, 0.2) is 0 Å². The number of hydrogen-bond donors (Lipinski definition) is 2. The molecule has 18 heavy (non-hydrogen) atoms. The third-order valence-electron chi connectivity index (χ3n) is 3.39. The topological polar surface area (TPSA) is 49.3 Å². The van der Waals surface area contributed by atoms with Gasteiger partial charge in [-0.25, -0.2) is 0 Å². The van der Waals surface area contributed by atoms with Gasteiger partial charge in [-0.15, -0.1) is 0 Å². The fraction of sp³-hybridized carbons (Fsp3) is 0.400. The molecule has 0 saturated carbocycles. The van der Waals surface area contributed by atoms with Crippen molar-refractivity contribution < 1.29 is 9.90 Å². The molecule has 0 spiro atoms. The van der Waals surface area contributed by atoms with Crippen LogP contribution in [0, 0.1) is 5.92 Å². The largest absolute Gasteiger partial charge is 0.396 e. The lowest BCUT2D eigenvalue weighted by molar-refractivity contribution is -0.124. The zero-order valence-electron chi connectivity index (χ0n) is 10.4. The van der Waals surface area contributed by atoms with Crippen molar-refractivity contribution in [2.24, 2.45) is 5.92 Å². The van der Waals surface area contributed by atoms with E-state index >= 15 is 0 Å². The minimum Gasteiger partial charge on any atom is -0.396 e. The van der Waals surface area contributed by atoms with Gasteiger partial charge >= 0.3 is 0 Å². The standard InChI is InChI=1S/C15H19NO2/c17-11-14(12-6-2-1-3-7-12)10-16-15(18)13-8-4-5-9-13/h1-7,13-14,17H,8-11H2,(H,16,18)/t14-/m1/s1. The fourth-order valence-electron chi connectivity index (χ4n) is 2.21. The van der Waals surface area contributed by atoms with Gasteiger partial charge < -0.3 is 10.4 Å². The summed E-state index contributed by atoms with van der Waals surface area (Å²) in [6.45, 7) is 0.545. The third kappa shape index (κ3) is 3.20. The maximum Gasteiger partial charge on any atom is 0.223 e. The Kier molecular flexibility index (Phi) is 4.53. The molecule has 0 radical (unpaired) electrons. The number of allylic oxidation sites excluding steroid dienone is 2. The van der Waals surface area contributed by atoms with E-state index in [1.54, 1.807) is 0 Å². The average molecular weight is 245 g/mol. The quantitative estimate of drug-likeness (QED) is 0.778. The summed E-state index contributed by atoms with van der Waals surface area (Å²) in [7, 11) is 0. The third-order valence-corrected chi connectivity index (χ3v) is 3.39. The van der Waals surface area contributed by atoms with Crippen LogP contribution in [-0.4, -0.2) is 24.2 Å². The molecule has 0 aromatic heterocycles. The zero-order chi connectivity index (χ0) is 12.8. The van der Waals surface area contributed by atoms with Crippen LogP contribution in [0.2, 0.25) is 0 Å². The molecular formula is C15H19NO2. The summed E-state index contributed by atoms with van der Waals surface area (Å²) in [6, 6.07) is 9.79. The highest BCUT2D eigenvalue weighted by atomic mass is 16.3. The second-order valence-electron chi connectivity index (χ2n) is 4.68. The van der Waals surface area contributed by atoms with Gasteiger partial charge in [-0.1, -0.05) is 42.5 Å². The monoisotopic (exact) mass is 245 g/mol. The molecular weight excluding hydrogens is 226 g/mol. The normalized spacial score (nSPS) is 16.7.